The zero-order valence-corrected chi connectivity index (χ0v) is 13.2. The van der Waals surface area contributed by atoms with Gasteiger partial charge < -0.3 is 10.6 Å². The van der Waals surface area contributed by atoms with E-state index in [0.29, 0.717) is 11.5 Å². The van der Waals surface area contributed by atoms with E-state index < -0.39 is 0 Å². The third-order valence-corrected chi connectivity index (χ3v) is 4.74. The van der Waals surface area contributed by atoms with E-state index in [1.165, 1.54) is 31.2 Å². The first-order chi connectivity index (χ1) is 9.32. The van der Waals surface area contributed by atoms with Crippen molar-refractivity contribution in [2.24, 2.45) is 11.1 Å². The second-order valence-electron chi connectivity index (χ2n) is 6.89. The highest BCUT2D eigenvalue weighted by molar-refractivity contribution is 6.01. The number of nitrogens with one attached hydrogen (secondary N) is 1. The Morgan fingerprint density at radius 1 is 1.30 bits per heavy atom. The molecular weight excluding hydrogens is 246 g/mol. The quantitative estimate of drug-likeness (QED) is 0.652. The van der Waals surface area contributed by atoms with Gasteiger partial charge in [-0.05, 0) is 49.7 Å². The lowest BCUT2D eigenvalue weighted by Crippen LogP contribution is -2.38. The molecule has 0 aromatic heterocycles. The lowest BCUT2D eigenvalue weighted by atomic mass is 9.75. The van der Waals surface area contributed by atoms with Crippen LogP contribution < -0.4 is 10.6 Å². The summed E-state index contributed by atoms with van der Waals surface area (Å²) in [5.41, 5.74) is 9.42. The molecule has 1 saturated carbocycles. The molecule has 1 aliphatic carbocycles. The Labute approximate surface area is 122 Å². The van der Waals surface area contributed by atoms with Crippen LogP contribution in [0.2, 0.25) is 0 Å². The van der Waals surface area contributed by atoms with Crippen LogP contribution in [0.15, 0.2) is 18.2 Å². The van der Waals surface area contributed by atoms with Crippen molar-refractivity contribution >= 4 is 11.5 Å². The van der Waals surface area contributed by atoms with Gasteiger partial charge in [0.25, 0.3) is 0 Å². The molecule has 0 bridgehead atoms. The maximum Gasteiger partial charge on any atom is 0.124 e. The van der Waals surface area contributed by atoms with E-state index >= 15 is 0 Å². The molecule has 1 fully saturated rings. The highest BCUT2D eigenvalue weighted by Crippen LogP contribution is 2.38. The summed E-state index contributed by atoms with van der Waals surface area (Å²) in [5.74, 6) is 0.159. The van der Waals surface area contributed by atoms with Crippen LogP contribution in [0.4, 0.5) is 5.69 Å². The summed E-state index contributed by atoms with van der Waals surface area (Å²) in [6, 6.07) is 6.59. The maximum absolute atomic E-state index is 7.79. The predicted octanol–water partition coefficient (Wildman–Crippen LogP) is 3.68. The Kier molecular flexibility index (Phi) is 4.07. The summed E-state index contributed by atoms with van der Waals surface area (Å²) in [6.45, 7) is 6.82. The first kappa shape index (κ1) is 14.9. The molecule has 0 amide bonds. The molecule has 2 rings (SSSR count). The van der Waals surface area contributed by atoms with Gasteiger partial charge in [-0.25, -0.2) is 0 Å². The van der Waals surface area contributed by atoms with Gasteiger partial charge in [0.15, 0.2) is 0 Å². The fourth-order valence-electron chi connectivity index (χ4n) is 3.30. The van der Waals surface area contributed by atoms with E-state index in [-0.39, 0.29) is 5.84 Å². The van der Waals surface area contributed by atoms with E-state index in [4.69, 9.17) is 11.1 Å². The zero-order chi connectivity index (χ0) is 14.9. The molecule has 0 unspecified atom stereocenters. The minimum atomic E-state index is 0.159. The van der Waals surface area contributed by atoms with E-state index in [9.17, 15) is 0 Å². The van der Waals surface area contributed by atoms with Crippen molar-refractivity contribution in [2.75, 3.05) is 11.9 Å². The molecule has 20 heavy (non-hydrogen) atoms. The van der Waals surface area contributed by atoms with Crippen LogP contribution >= 0.6 is 0 Å². The van der Waals surface area contributed by atoms with Crippen LogP contribution in [-0.4, -0.2) is 18.9 Å². The molecule has 0 heterocycles. The number of rotatable bonds is 3. The number of anilines is 1. The fraction of sp³-hybridized carbons (Fsp3) is 0.588. The number of nitrogens with two attached hydrogens (primary N) is 1. The topological polar surface area (TPSA) is 53.1 Å². The maximum atomic E-state index is 7.79. The predicted molar refractivity (Wildman–Crippen MR) is 86.6 cm³/mol. The number of para-hydroxylation sites is 1. The van der Waals surface area contributed by atoms with Crippen molar-refractivity contribution in [1.82, 2.24) is 0 Å². The van der Waals surface area contributed by atoms with E-state index in [0.717, 1.165) is 11.3 Å². The van der Waals surface area contributed by atoms with Crippen LogP contribution in [-0.2, 0) is 0 Å². The van der Waals surface area contributed by atoms with Crippen molar-refractivity contribution in [1.29, 1.82) is 5.41 Å². The van der Waals surface area contributed by atoms with E-state index in [1.807, 2.05) is 12.1 Å². The molecular formula is C17H27N3. The second kappa shape index (κ2) is 5.47. The van der Waals surface area contributed by atoms with Crippen molar-refractivity contribution in [3.63, 3.8) is 0 Å². The van der Waals surface area contributed by atoms with Gasteiger partial charge in [0, 0.05) is 18.7 Å². The molecule has 110 valence electrons. The smallest absolute Gasteiger partial charge is 0.124 e. The highest BCUT2D eigenvalue weighted by atomic mass is 15.1. The molecule has 3 heteroatoms. The first-order valence-electron chi connectivity index (χ1n) is 7.49. The van der Waals surface area contributed by atoms with Gasteiger partial charge in [0.2, 0.25) is 0 Å². The van der Waals surface area contributed by atoms with Gasteiger partial charge in [0.05, 0.1) is 5.69 Å². The van der Waals surface area contributed by atoms with Gasteiger partial charge in [-0.2, -0.15) is 0 Å². The number of aryl methyl sites for hydroxylation is 1. The molecule has 1 aliphatic rings. The number of hydrogen-bond donors (Lipinski definition) is 2. The number of amidine groups is 1. The SMILES string of the molecule is Cc1cccc(C(=N)N)c1N(C)C1CCC(C)(C)CC1. The number of hydrogen-bond acceptors (Lipinski definition) is 2. The van der Waals surface area contributed by atoms with Gasteiger partial charge in [-0.15, -0.1) is 0 Å². The van der Waals surface area contributed by atoms with Crippen LogP contribution in [0.1, 0.15) is 50.7 Å². The Morgan fingerprint density at radius 2 is 1.90 bits per heavy atom. The summed E-state index contributed by atoms with van der Waals surface area (Å²) in [5, 5.41) is 7.79. The summed E-state index contributed by atoms with van der Waals surface area (Å²) >= 11 is 0. The molecule has 0 spiro atoms. The lowest BCUT2D eigenvalue weighted by Gasteiger charge is -2.40. The zero-order valence-electron chi connectivity index (χ0n) is 13.2. The normalized spacial score (nSPS) is 18.8. The van der Waals surface area contributed by atoms with Gasteiger partial charge in [-0.1, -0.05) is 26.0 Å². The second-order valence-corrected chi connectivity index (χ2v) is 6.89. The molecule has 0 saturated heterocycles. The Morgan fingerprint density at radius 3 is 2.45 bits per heavy atom. The molecule has 1 aromatic carbocycles. The first-order valence-corrected chi connectivity index (χ1v) is 7.49. The Balaban J connectivity index is 2.26. The molecule has 0 radical (unpaired) electrons. The molecule has 0 aliphatic heterocycles. The Hall–Kier alpha value is -1.51. The summed E-state index contributed by atoms with van der Waals surface area (Å²) in [4.78, 5) is 2.35. The van der Waals surface area contributed by atoms with Crippen molar-refractivity contribution in [3.8, 4) is 0 Å². The summed E-state index contributed by atoms with van der Waals surface area (Å²) in [6.07, 6.45) is 4.97. The van der Waals surface area contributed by atoms with Crippen molar-refractivity contribution < 1.29 is 0 Å². The molecule has 0 atom stereocenters. The standard InChI is InChI=1S/C17H27N3/c1-12-6-5-7-14(16(18)19)15(12)20(4)13-8-10-17(2,3)11-9-13/h5-7,13H,8-11H2,1-4H3,(H3,18,19). The number of nitrogens with zero attached hydrogens (tertiary/aromatic N) is 1. The average molecular weight is 273 g/mol. The van der Waals surface area contributed by atoms with Crippen LogP contribution in [0.25, 0.3) is 0 Å². The molecule has 1 aromatic rings. The third-order valence-electron chi connectivity index (χ3n) is 4.74. The summed E-state index contributed by atoms with van der Waals surface area (Å²) < 4.78 is 0. The van der Waals surface area contributed by atoms with Crippen LogP contribution in [0.5, 0.6) is 0 Å². The van der Waals surface area contributed by atoms with Crippen molar-refractivity contribution in [2.45, 2.75) is 52.5 Å². The van der Waals surface area contributed by atoms with Gasteiger partial charge >= 0.3 is 0 Å². The lowest BCUT2D eigenvalue weighted by molar-refractivity contribution is 0.222. The monoisotopic (exact) mass is 273 g/mol. The fourth-order valence-corrected chi connectivity index (χ4v) is 3.30. The highest BCUT2D eigenvalue weighted by Gasteiger charge is 2.30. The number of nitrogen functional groups attached to an aromatic ring is 1. The minimum absolute atomic E-state index is 0.159. The van der Waals surface area contributed by atoms with E-state index in [1.54, 1.807) is 0 Å². The third kappa shape index (κ3) is 2.97. The van der Waals surface area contributed by atoms with Gasteiger partial charge in [0.1, 0.15) is 5.84 Å². The van der Waals surface area contributed by atoms with Crippen molar-refractivity contribution in [3.05, 3.63) is 29.3 Å². The summed E-state index contributed by atoms with van der Waals surface area (Å²) in [7, 11) is 2.15. The number of benzene rings is 1. The minimum Gasteiger partial charge on any atom is -0.384 e. The van der Waals surface area contributed by atoms with E-state index in [2.05, 4.69) is 38.8 Å². The average Bonchev–Trinajstić information content (AvgIpc) is 2.37. The molecule has 3 N–H and O–H groups in total. The van der Waals surface area contributed by atoms with Crippen LogP contribution in [0.3, 0.4) is 0 Å². The Bertz CT molecular complexity index is 495. The van der Waals surface area contributed by atoms with Gasteiger partial charge in [-0.3, -0.25) is 5.41 Å². The molecule has 3 nitrogen and oxygen atoms in total. The largest absolute Gasteiger partial charge is 0.384 e. The van der Waals surface area contributed by atoms with Crippen LogP contribution in [0, 0.1) is 17.7 Å².